The standard InChI is InChI=1S/C32H38N8O3/c1-32(2,3)23-10-6-21(7-11-23)27(42)34-25-5-4-16-39(19-25)30-36-29-33-15-18-40(29)31(37-30)35-24-12-8-22(9-13-24)28(43)38-17-14-26(41)20-38/h6-13,15,18,25-26,41H,4-5,14,16-17,19-20H2,1-3H3,(H,34,42)(H,33,35,36,37). The van der Waals surface area contributed by atoms with E-state index in [1.165, 1.54) is 5.56 Å². The SMILES string of the molecule is CC(C)(C)c1ccc(C(=O)NC2CCCN(c3nc(Nc4ccc(C(=O)N5CCC(O)C5)cc4)n4ccnc4n3)C2)cc1. The van der Waals surface area contributed by atoms with Crippen molar-refractivity contribution in [3.8, 4) is 0 Å². The van der Waals surface area contributed by atoms with Crippen LogP contribution in [0.1, 0.15) is 66.3 Å². The van der Waals surface area contributed by atoms with Crippen molar-refractivity contribution in [1.29, 1.82) is 0 Å². The molecule has 2 amide bonds. The summed E-state index contributed by atoms with van der Waals surface area (Å²) in [7, 11) is 0. The molecule has 43 heavy (non-hydrogen) atoms. The topological polar surface area (TPSA) is 128 Å². The van der Waals surface area contributed by atoms with Crippen LogP contribution in [0.4, 0.5) is 17.6 Å². The molecule has 2 aliphatic heterocycles. The number of piperidine rings is 1. The number of amides is 2. The molecule has 6 rings (SSSR count). The Bertz CT molecular complexity index is 1610. The highest BCUT2D eigenvalue weighted by Gasteiger charge is 2.27. The number of likely N-dealkylation sites (tertiary alicyclic amines) is 1. The number of benzene rings is 2. The molecule has 3 N–H and O–H groups in total. The quantitative estimate of drug-likeness (QED) is 0.314. The second-order valence-corrected chi connectivity index (χ2v) is 12.4. The lowest BCUT2D eigenvalue weighted by Crippen LogP contribution is -2.48. The van der Waals surface area contributed by atoms with E-state index in [-0.39, 0.29) is 23.3 Å². The third kappa shape index (κ3) is 6.31. The van der Waals surface area contributed by atoms with Crippen LogP contribution < -0.4 is 15.5 Å². The molecule has 2 saturated heterocycles. The molecule has 2 aromatic heterocycles. The number of carbonyl (C=O) groups is 2. The zero-order valence-corrected chi connectivity index (χ0v) is 24.8. The number of rotatable bonds is 6. The van der Waals surface area contributed by atoms with E-state index in [1.807, 2.05) is 36.4 Å². The van der Waals surface area contributed by atoms with Crippen molar-refractivity contribution >= 4 is 35.2 Å². The highest BCUT2D eigenvalue weighted by molar-refractivity contribution is 5.95. The van der Waals surface area contributed by atoms with Crippen LogP contribution in [0.15, 0.2) is 60.9 Å². The fraction of sp³-hybridized carbons (Fsp3) is 0.406. The lowest BCUT2D eigenvalue weighted by molar-refractivity contribution is 0.0764. The lowest BCUT2D eigenvalue weighted by Gasteiger charge is -2.33. The van der Waals surface area contributed by atoms with Gasteiger partial charge in [0.05, 0.1) is 6.10 Å². The Balaban J connectivity index is 1.15. The third-order valence-electron chi connectivity index (χ3n) is 8.15. The van der Waals surface area contributed by atoms with Gasteiger partial charge in [-0.05, 0) is 66.6 Å². The Kier molecular flexibility index (Phi) is 7.74. The molecule has 11 nitrogen and oxygen atoms in total. The fourth-order valence-corrected chi connectivity index (χ4v) is 5.64. The van der Waals surface area contributed by atoms with Crippen LogP contribution in [-0.2, 0) is 5.41 Å². The van der Waals surface area contributed by atoms with Gasteiger partial charge < -0.3 is 25.5 Å². The summed E-state index contributed by atoms with van der Waals surface area (Å²) in [5, 5.41) is 16.3. The minimum Gasteiger partial charge on any atom is -0.391 e. The van der Waals surface area contributed by atoms with E-state index >= 15 is 0 Å². The Labute approximate surface area is 251 Å². The van der Waals surface area contributed by atoms with Gasteiger partial charge in [0.15, 0.2) is 0 Å². The maximum Gasteiger partial charge on any atom is 0.253 e. The first-order valence-electron chi connectivity index (χ1n) is 14.9. The average molecular weight is 583 g/mol. The molecule has 0 aliphatic carbocycles. The van der Waals surface area contributed by atoms with Gasteiger partial charge in [0.25, 0.3) is 11.8 Å². The number of β-amino-alcohol motifs (C(OH)–C–C–N with tert-alkyl or cyclic N) is 1. The number of nitrogens with zero attached hydrogens (tertiary/aromatic N) is 6. The maximum atomic E-state index is 13.1. The molecule has 2 fully saturated rings. The van der Waals surface area contributed by atoms with E-state index in [9.17, 15) is 14.7 Å². The minimum atomic E-state index is -0.452. The van der Waals surface area contributed by atoms with Gasteiger partial charge in [0, 0.05) is 61.4 Å². The highest BCUT2D eigenvalue weighted by Crippen LogP contribution is 2.24. The van der Waals surface area contributed by atoms with Crippen molar-refractivity contribution in [1.82, 2.24) is 29.6 Å². The van der Waals surface area contributed by atoms with E-state index in [2.05, 4.69) is 41.3 Å². The van der Waals surface area contributed by atoms with Crippen LogP contribution in [0.3, 0.4) is 0 Å². The Hall–Kier alpha value is -4.51. The fourth-order valence-electron chi connectivity index (χ4n) is 5.64. The summed E-state index contributed by atoms with van der Waals surface area (Å²) in [6.07, 6.45) is 5.39. The maximum absolute atomic E-state index is 13.1. The number of carbonyl (C=O) groups excluding carboxylic acids is 2. The number of hydrogen-bond acceptors (Lipinski definition) is 8. The number of aliphatic hydroxyl groups excluding tert-OH is 1. The van der Waals surface area contributed by atoms with Gasteiger partial charge >= 0.3 is 0 Å². The molecule has 2 aliphatic rings. The largest absolute Gasteiger partial charge is 0.391 e. The van der Waals surface area contributed by atoms with Crippen LogP contribution in [0.2, 0.25) is 0 Å². The smallest absolute Gasteiger partial charge is 0.253 e. The second kappa shape index (κ2) is 11.6. The summed E-state index contributed by atoms with van der Waals surface area (Å²) < 4.78 is 1.78. The van der Waals surface area contributed by atoms with E-state index in [4.69, 9.17) is 9.97 Å². The van der Waals surface area contributed by atoms with E-state index in [0.29, 0.717) is 54.9 Å². The molecule has 11 heteroatoms. The number of aliphatic hydroxyl groups is 1. The van der Waals surface area contributed by atoms with Crippen LogP contribution in [0.5, 0.6) is 0 Å². The molecular formula is C32H38N8O3. The molecule has 0 spiro atoms. The van der Waals surface area contributed by atoms with Gasteiger partial charge in [-0.1, -0.05) is 32.9 Å². The second-order valence-electron chi connectivity index (χ2n) is 12.4. The highest BCUT2D eigenvalue weighted by atomic mass is 16.3. The lowest BCUT2D eigenvalue weighted by atomic mass is 9.86. The van der Waals surface area contributed by atoms with Crippen LogP contribution in [-0.4, -0.2) is 79.5 Å². The molecule has 2 unspecified atom stereocenters. The van der Waals surface area contributed by atoms with Gasteiger partial charge in [-0.15, -0.1) is 0 Å². The van der Waals surface area contributed by atoms with E-state index in [0.717, 1.165) is 25.1 Å². The number of imidazole rings is 1. The first kappa shape index (κ1) is 28.6. The first-order chi connectivity index (χ1) is 20.6. The third-order valence-corrected chi connectivity index (χ3v) is 8.15. The summed E-state index contributed by atoms with van der Waals surface area (Å²) in [6, 6.07) is 15.0. The van der Waals surface area contributed by atoms with Crippen molar-refractivity contribution in [2.24, 2.45) is 0 Å². The average Bonchev–Trinajstić information content (AvgIpc) is 3.66. The van der Waals surface area contributed by atoms with Crippen LogP contribution in [0.25, 0.3) is 5.78 Å². The van der Waals surface area contributed by atoms with Crippen molar-refractivity contribution < 1.29 is 14.7 Å². The Morgan fingerprint density at radius 3 is 2.37 bits per heavy atom. The predicted molar refractivity (Wildman–Crippen MR) is 165 cm³/mol. The van der Waals surface area contributed by atoms with E-state index in [1.54, 1.807) is 33.8 Å². The van der Waals surface area contributed by atoms with Crippen LogP contribution >= 0.6 is 0 Å². The van der Waals surface area contributed by atoms with Crippen molar-refractivity contribution in [3.05, 3.63) is 77.6 Å². The number of aromatic nitrogens is 4. The zero-order valence-electron chi connectivity index (χ0n) is 24.8. The molecule has 0 radical (unpaired) electrons. The van der Waals surface area contributed by atoms with Crippen LogP contribution in [0, 0.1) is 0 Å². The molecule has 224 valence electrons. The number of fused-ring (bicyclic) bond motifs is 1. The van der Waals surface area contributed by atoms with Gasteiger partial charge in [-0.25, -0.2) is 4.98 Å². The molecule has 4 heterocycles. The zero-order chi connectivity index (χ0) is 30.1. The number of nitrogens with one attached hydrogen (secondary N) is 2. The minimum absolute atomic E-state index is 0.0314. The Morgan fingerprint density at radius 1 is 0.930 bits per heavy atom. The summed E-state index contributed by atoms with van der Waals surface area (Å²) in [4.78, 5) is 43.5. The summed E-state index contributed by atoms with van der Waals surface area (Å²) >= 11 is 0. The summed E-state index contributed by atoms with van der Waals surface area (Å²) in [6.45, 7) is 8.76. The molecule has 0 saturated carbocycles. The van der Waals surface area contributed by atoms with E-state index < -0.39 is 6.10 Å². The summed E-state index contributed by atoms with van der Waals surface area (Å²) in [5.41, 5.74) is 3.21. The Morgan fingerprint density at radius 2 is 1.67 bits per heavy atom. The molecule has 4 aromatic rings. The molecule has 2 aromatic carbocycles. The van der Waals surface area contributed by atoms with Gasteiger partial charge in [-0.3, -0.25) is 14.0 Å². The number of anilines is 3. The van der Waals surface area contributed by atoms with Gasteiger partial charge in [0.2, 0.25) is 17.7 Å². The predicted octanol–water partition coefficient (Wildman–Crippen LogP) is 3.77. The molecule has 2 atom stereocenters. The van der Waals surface area contributed by atoms with Crippen molar-refractivity contribution in [2.45, 2.75) is 57.6 Å². The first-order valence-corrected chi connectivity index (χ1v) is 14.9. The van der Waals surface area contributed by atoms with Gasteiger partial charge in [-0.2, -0.15) is 9.97 Å². The molecular weight excluding hydrogens is 544 g/mol. The summed E-state index contributed by atoms with van der Waals surface area (Å²) in [5.74, 6) is 1.43. The van der Waals surface area contributed by atoms with Crippen molar-refractivity contribution in [3.63, 3.8) is 0 Å². The van der Waals surface area contributed by atoms with Crippen molar-refractivity contribution in [2.75, 3.05) is 36.4 Å². The normalized spacial score (nSPS) is 19.1. The molecule has 0 bridgehead atoms. The number of hydrogen-bond donors (Lipinski definition) is 3. The van der Waals surface area contributed by atoms with Gasteiger partial charge in [0.1, 0.15) is 0 Å². The monoisotopic (exact) mass is 582 g/mol.